The first-order valence-electron chi connectivity index (χ1n) is 10.2. The SMILES string of the molecule is C[C@H](NC(=O)c1cc(C(=O)NCc2ccc(F)c(Cl)c2)ncn1)c1ccc(-c2nsc(=S)s2)cc1. The minimum atomic E-state index is -0.538. The second-order valence-electron chi connectivity index (χ2n) is 7.38. The number of hydrogen-bond donors (Lipinski definition) is 2. The summed E-state index contributed by atoms with van der Waals surface area (Å²) in [6, 6.07) is 12.9. The summed E-state index contributed by atoms with van der Waals surface area (Å²) in [5.41, 5.74) is 2.56. The number of benzene rings is 2. The molecule has 0 unspecified atom stereocenters. The third-order valence-corrected chi connectivity index (χ3v) is 7.42. The first-order valence-corrected chi connectivity index (χ1v) is 12.6. The summed E-state index contributed by atoms with van der Waals surface area (Å²) in [4.78, 5) is 33.2. The Morgan fingerprint density at radius 1 is 1.09 bits per heavy atom. The molecule has 0 bridgehead atoms. The van der Waals surface area contributed by atoms with E-state index in [1.165, 1.54) is 47.1 Å². The van der Waals surface area contributed by atoms with Crippen molar-refractivity contribution in [2.45, 2.75) is 19.5 Å². The van der Waals surface area contributed by atoms with Crippen molar-refractivity contribution >= 4 is 58.5 Å². The Morgan fingerprint density at radius 2 is 1.80 bits per heavy atom. The van der Waals surface area contributed by atoms with E-state index in [1.807, 2.05) is 31.2 Å². The predicted molar refractivity (Wildman–Crippen MR) is 137 cm³/mol. The molecule has 7 nitrogen and oxygen atoms in total. The number of hydrogen-bond acceptors (Lipinski definition) is 8. The zero-order valence-corrected chi connectivity index (χ0v) is 21.3. The molecule has 0 fully saturated rings. The molecule has 2 N–H and O–H groups in total. The van der Waals surface area contributed by atoms with Crippen LogP contribution >= 0.6 is 46.7 Å². The van der Waals surface area contributed by atoms with E-state index in [1.54, 1.807) is 0 Å². The number of halogens is 2. The van der Waals surface area contributed by atoms with Gasteiger partial charge in [-0.05, 0) is 41.7 Å². The number of aromatic nitrogens is 3. The third kappa shape index (κ3) is 6.31. The average Bonchev–Trinajstić information content (AvgIpc) is 3.31. The van der Waals surface area contributed by atoms with E-state index in [0.717, 1.165) is 25.6 Å². The summed E-state index contributed by atoms with van der Waals surface area (Å²) in [5, 5.41) is 6.36. The summed E-state index contributed by atoms with van der Waals surface area (Å²) in [5.74, 6) is -1.49. The maximum Gasteiger partial charge on any atom is 0.270 e. The van der Waals surface area contributed by atoms with Crippen LogP contribution in [0.5, 0.6) is 0 Å². The Morgan fingerprint density at radius 3 is 2.46 bits per heavy atom. The van der Waals surface area contributed by atoms with Gasteiger partial charge in [0, 0.05) is 18.2 Å². The lowest BCUT2D eigenvalue weighted by molar-refractivity contribution is 0.0934. The van der Waals surface area contributed by atoms with Crippen LogP contribution in [-0.4, -0.2) is 26.2 Å². The number of carbonyl (C=O) groups excluding carboxylic acids is 2. The van der Waals surface area contributed by atoms with E-state index in [4.69, 9.17) is 23.8 Å². The van der Waals surface area contributed by atoms with Gasteiger partial charge in [-0.1, -0.05) is 65.5 Å². The summed E-state index contributed by atoms with van der Waals surface area (Å²) in [6.45, 7) is 1.97. The molecule has 12 heteroatoms. The van der Waals surface area contributed by atoms with Gasteiger partial charge in [-0.15, -0.1) is 0 Å². The molecule has 4 rings (SSSR count). The highest BCUT2D eigenvalue weighted by molar-refractivity contribution is 7.76. The van der Waals surface area contributed by atoms with Crippen LogP contribution in [0.25, 0.3) is 10.6 Å². The Hall–Kier alpha value is -3.12. The second-order valence-corrected chi connectivity index (χ2v) is 10.7. The fourth-order valence-electron chi connectivity index (χ4n) is 3.10. The molecule has 2 heterocycles. The Balaban J connectivity index is 1.38. The number of carbonyl (C=O) groups is 2. The summed E-state index contributed by atoms with van der Waals surface area (Å²) < 4.78 is 18.4. The van der Waals surface area contributed by atoms with Crippen LogP contribution in [0, 0.1) is 8.95 Å². The second kappa shape index (κ2) is 11.1. The summed E-state index contributed by atoms with van der Waals surface area (Å²) in [7, 11) is 0. The number of nitrogens with one attached hydrogen (secondary N) is 2. The van der Waals surface area contributed by atoms with Gasteiger partial charge in [0.05, 0.1) is 11.1 Å². The van der Waals surface area contributed by atoms with Crippen molar-refractivity contribution in [2.24, 2.45) is 0 Å². The standard InChI is InChI=1S/C23H17ClFN5O2S3/c1-12(14-3-5-15(6-4-14)22-30-35-23(33)34-22)29-21(32)19-9-18(27-11-28-19)20(31)26-10-13-2-7-17(25)16(24)8-13/h2-9,11-12H,10H2,1H3,(H,26,31)(H,29,32)/t12-/m0/s1. The number of nitrogens with zero attached hydrogens (tertiary/aromatic N) is 3. The molecule has 2 aromatic heterocycles. The number of amides is 2. The van der Waals surface area contributed by atoms with Crippen LogP contribution in [0.3, 0.4) is 0 Å². The van der Waals surface area contributed by atoms with Crippen LogP contribution in [-0.2, 0) is 6.54 Å². The molecular formula is C23H17ClFN5O2S3. The van der Waals surface area contributed by atoms with Gasteiger partial charge in [0.1, 0.15) is 28.5 Å². The zero-order chi connectivity index (χ0) is 24.9. The van der Waals surface area contributed by atoms with E-state index < -0.39 is 17.6 Å². The highest BCUT2D eigenvalue weighted by atomic mass is 35.5. The monoisotopic (exact) mass is 545 g/mol. The quantitative estimate of drug-likeness (QED) is 0.293. The Labute approximate surface area is 218 Å². The zero-order valence-electron chi connectivity index (χ0n) is 18.1. The van der Waals surface area contributed by atoms with Gasteiger partial charge < -0.3 is 10.6 Å². The molecule has 35 heavy (non-hydrogen) atoms. The van der Waals surface area contributed by atoms with Crippen molar-refractivity contribution in [2.75, 3.05) is 0 Å². The predicted octanol–water partition coefficient (Wildman–Crippen LogP) is 5.60. The van der Waals surface area contributed by atoms with E-state index in [2.05, 4.69) is 25.0 Å². The van der Waals surface area contributed by atoms with Crippen LogP contribution < -0.4 is 10.6 Å². The molecular weight excluding hydrogens is 529 g/mol. The molecule has 2 aromatic carbocycles. The van der Waals surface area contributed by atoms with Gasteiger partial charge in [0.25, 0.3) is 11.8 Å². The van der Waals surface area contributed by atoms with Crippen LogP contribution in [0.4, 0.5) is 4.39 Å². The Kier molecular flexibility index (Phi) is 7.91. The van der Waals surface area contributed by atoms with Gasteiger partial charge in [0.15, 0.2) is 3.14 Å². The van der Waals surface area contributed by atoms with Gasteiger partial charge in [-0.25, -0.2) is 14.4 Å². The van der Waals surface area contributed by atoms with Crippen molar-refractivity contribution in [3.63, 3.8) is 0 Å². The molecule has 0 spiro atoms. The first kappa shape index (κ1) is 25.0. The van der Waals surface area contributed by atoms with Crippen molar-refractivity contribution in [1.82, 2.24) is 25.0 Å². The van der Waals surface area contributed by atoms with Crippen LogP contribution in [0.1, 0.15) is 45.1 Å². The molecule has 4 aromatic rings. The molecule has 0 aliphatic rings. The van der Waals surface area contributed by atoms with Gasteiger partial charge >= 0.3 is 0 Å². The molecule has 0 saturated carbocycles. The molecule has 0 saturated heterocycles. The average molecular weight is 546 g/mol. The van der Waals surface area contributed by atoms with Gasteiger partial charge in [-0.3, -0.25) is 9.59 Å². The van der Waals surface area contributed by atoms with Crippen LogP contribution in [0.2, 0.25) is 5.02 Å². The lowest BCUT2D eigenvalue weighted by Gasteiger charge is -2.14. The van der Waals surface area contributed by atoms with Crippen molar-refractivity contribution in [3.8, 4) is 10.6 Å². The van der Waals surface area contributed by atoms with Gasteiger partial charge in [0.2, 0.25) is 0 Å². The van der Waals surface area contributed by atoms with Crippen molar-refractivity contribution in [3.05, 3.63) is 91.4 Å². The van der Waals surface area contributed by atoms with E-state index in [0.29, 0.717) is 5.56 Å². The lowest BCUT2D eigenvalue weighted by Crippen LogP contribution is -2.29. The first-order chi connectivity index (χ1) is 16.8. The molecule has 0 aliphatic heterocycles. The van der Waals surface area contributed by atoms with E-state index in [-0.39, 0.29) is 29.0 Å². The van der Waals surface area contributed by atoms with Crippen molar-refractivity contribution in [1.29, 1.82) is 0 Å². The fourth-order valence-corrected chi connectivity index (χ4v) is 5.09. The van der Waals surface area contributed by atoms with E-state index >= 15 is 0 Å². The molecule has 1 atom stereocenters. The lowest BCUT2D eigenvalue weighted by atomic mass is 10.1. The largest absolute Gasteiger partial charge is 0.347 e. The number of rotatable bonds is 7. The molecule has 2 amide bonds. The molecule has 0 aliphatic carbocycles. The molecule has 0 radical (unpaired) electrons. The third-order valence-electron chi connectivity index (χ3n) is 4.96. The normalized spacial score (nSPS) is 11.6. The Bertz CT molecular complexity index is 1440. The van der Waals surface area contributed by atoms with Gasteiger partial charge in [-0.2, -0.15) is 4.37 Å². The highest BCUT2D eigenvalue weighted by Gasteiger charge is 2.16. The summed E-state index contributed by atoms with van der Waals surface area (Å²) >= 11 is 13.6. The smallest absolute Gasteiger partial charge is 0.270 e. The van der Waals surface area contributed by atoms with Crippen LogP contribution in [0.15, 0.2) is 54.9 Å². The topological polar surface area (TPSA) is 96.9 Å². The maximum atomic E-state index is 13.3. The van der Waals surface area contributed by atoms with Crippen molar-refractivity contribution < 1.29 is 14.0 Å². The minimum absolute atomic E-state index is 0.0287. The maximum absolute atomic E-state index is 13.3. The highest BCUT2D eigenvalue weighted by Crippen LogP contribution is 2.26. The molecule has 178 valence electrons. The summed E-state index contributed by atoms with van der Waals surface area (Å²) in [6.07, 6.45) is 1.15. The fraction of sp³-hybridized carbons (Fsp3) is 0.130. The minimum Gasteiger partial charge on any atom is -0.347 e. The van der Waals surface area contributed by atoms with E-state index in [9.17, 15) is 14.0 Å².